The minimum absolute atomic E-state index is 0.0313. The molecule has 1 atom stereocenters. The highest BCUT2D eigenvalue weighted by Crippen LogP contribution is 2.44. The second-order valence-electron chi connectivity index (χ2n) is 6.58. The molecule has 134 valence electrons. The number of benzene rings is 4. The highest BCUT2D eigenvalue weighted by Gasteiger charge is 2.31. The summed E-state index contributed by atoms with van der Waals surface area (Å²) < 4.78 is 14.7. The zero-order valence-electron chi connectivity index (χ0n) is 15.0. The molecule has 0 aliphatic carbocycles. The Morgan fingerprint density at radius 1 is 0.667 bits per heavy atom. The van der Waals surface area contributed by atoms with Gasteiger partial charge in [0, 0.05) is 22.5 Å². The third-order valence-electron chi connectivity index (χ3n) is 4.93. The molecule has 0 aliphatic heterocycles. The van der Waals surface area contributed by atoms with Gasteiger partial charge in [0.25, 0.3) is 0 Å². The van der Waals surface area contributed by atoms with Gasteiger partial charge >= 0.3 is 0 Å². The number of aliphatic hydroxyl groups is 1. The van der Waals surface area contributed by atoms with E-state index in [0.29, 0.717) is 6.42 Å². The van der Waals surface area contributed by atoms with Gasteiger partial charge in [-0.25, -0.2) is 0 Å². The van der Waals surface area contributed by atoms with Crippen molar-refractivity contribution in [2.45, 2.75) is 6.42 Å². The third-order valence-corrected chi connectivity index (χ3v) is 8.07. The first-order valence-electron chi connectivity index (χ1n) is 9.08. The molecule has 3 heteroatoms. The minimum atomic E-state index is -3.06. The molecule has 4 rings (SSSR count). The number of fused-ring (bicyclic) bond motifs is 1. The molecule has 0 radical (unpaired) electrons. The minimum Gasteiger partial charge on any atom is -0.396 e. The second kappa shape index (κ2) is 7.52. The summed E-state index contributed by atoms with van der Waals surface area (Å²) in [5.41, 5.74) is 0.931. The molecule has 4 aromatic rings. The summed E-state index contributed by atoms with van der Waals surface area (Å²) in [6, 6.07) is 31.6. The zero-order valence-corrected chi connectivity index (χ0v) is 15.8. The number of rotatable bonds is 5. The van der Waals surface area contributed by atoms with E-state index in [2.05, 4.69) is 6.07 Å². The molecule has 0 saturated carbocycles. The third kappa shape index (κ3) is 3.23. The van der Waals surface area contributed by atoms with Crippen LogP contribution >= 0.6 is 7.14 Å². The molecule has 0 bridgehead atoms. The van der Waals surface area contributed by atoms with Gasteiger partial charge in [0.15, 0.2) is 7.14 Å². The lowest BCUT2D eigenvalue weighted by Crippen LogP contribution is -2.27. The summed E-state index contributed by atoms with van der Waals surface area (Å²) >= 11 is 0. The van der Waals surface area contributed by atoms with Crippen LogP contribution in [0.15, 0.2) is 97.1 Å². The van der Waals surface area contributed by atoms with Crippen LogP contribution in [0.1, 0.15) is 5.56 Å². The van der Waals surface area contributed by atoms with Crippen molar-refractivity contribution in [3.63, 3.8) is 0 Å². The summed E-state index contributed by atoms with van der Waals surface area (Å²) in [6.07, 6.45) is 0.487. The van der Waals surface area contributed by atoms with E-state index in [4.69, 9.17) is 0 Å². The fraction of sp³-hybridized carbons (Fsp3) is 0.0833. The Balaban J connectivity index is 2.01. The predicted octanol–water partition coefficient (Wildman–Crippen LogP) is 4.01. The van der Waals surface area contributed by atoms with Crippen LogP contribution in [0.3, 0.4) is 0 Å². The van der Waals surface area contributed by atoms with Gasteiger partial charge in [0.05, 0.1) is 0 Å². The molecule has 4 aromatic carbocycles. The van der Waals surface area contributed by atoms with Crippen LogP contribution in [0, 0.1) is 0 Å². The Morgan fingerprint density at radius 2 is 1.33 bits per heavy atom. The van der Waals surface area contributed by atoms with Crippen LogP contribution in [0.2, 0.25) is 0 Å². The lowest BCUT2D eigenvalue weighted by molar-refractivity contribution is 0.300. The molecule has 0 aromatic heterocycles. The molecule has 27 heavy (non-hydrogen) atoms. The van der Waals surface area contributed by atoms with Crippen LogP contribution in [-0.4, -0.2) is 11.7 Å². The monoisotopic (exact) mass is 372 g/mol. The first kappa shape index (κ1) is 17.7. The standard InChI is InChI=1S/C24H21O2P/c25-17-16-20-9-6-7-13-24(20)27(26,22-11-2-1-3-12-22)23-15-14-19-8-4-5-10-21(19)18-23/h1-15,18,25H,16-17H2. The van der Waals surface area contributed by atoms with Crippen LogP contribution in [0.25, 0.3) is 10.8 Å². The van der Waals surface area contributed by atoms with E-state index in [0.717, 1.165) is 32.2 Å². The highest BCUT2D eigenvalue weighted by atomic mass is 31.2. The van der Waals surface area contributed by atoms with Gasteiger partial charge in [-0.05, 0) is 28.8 Å². The van der Waals surface area contributed by atoms with Crippen LogP contribution in [-0.2, 0) is 11.0 Å². The fourth-order valence-electron chi connectivity index (χ4n) is 3.59. The summed E-state index contributed by atoms with van der Waals surface area (Å²) in [5.74, 6) is 0. The quantitative estimate of drug-likeness (QED) is 0.538. The lowest BCUT2D eigenvalue weighted by Gasteiger charge is -2.23. The zero-order chi connectivity index (χ0) is 18.7. The van der Waals surface area contributed by atoms with E-state index in [-0.39, 0.29) is 6.61 Å². The first-order chi connectivity index (χ1) is 13.2. The van der Waals surface area contributed by atoms with Crippen molar-refractivity contribution in [1.29, 1.82) is 0 Å². The summed E-state index contributed by atoms with van der Waals surface area (Å²) in [4.78, 5) is 0. The Morgan fingerprint density at radius 3 is 2.11 bits per heavy atom. The Kier molecular flexibility index (Phi) is 4.94. The van der Waals surface area contributed by atoms with Crippen LogP contribution in [0.4, 0.5) is 0 Å². The van der Waals surface area contributed by atoms with E-state index in [9.17, 15) is 9.67 Å². The van der Waals surface area contributed by atoms with Crippen molar-refractivity contribution in [3.05, 3.63) is 103 Å². The van der Waals surface area contributed by atoms with Gasteiger partial charge in [0.1, 0.15) is 0 Å². The van der Waals surface area contributed by atoms with E-state index >= 15 is 0 Å². The van der Waals surface area contributed by atoms with Crippen molar-refractivity contribution < 1.29 is 9.67 Å². The molecule has 0 spiro atoms. The SMILES string of the molecule is O=P(c1ccccc1)(c1ccc2ccccc2c1)c1ccccc1CCO. The maximum atomic E-state index is 14.7. The Labute approximate surface area is 159 Å². The van der Waals surface area contributed by atoms with Crippen LogP contribution < -0.4 is 15.9 Å². The molecule has 0 heterocycles. The van der Waals surface area contributed by atoms with E-state index in [1.807, 2.05) is 91.0 Å². The summed E-state index contributed by atoms with van der Waals surface area (Å²) in [6.45, 7) is 0.0313. The smallest absolute Gasteiger partial charge is 0.171 e. The van der Waals surface area contributed by atoms with E-state index in [1.165, 1.54) is 0 Å². The van der Waals surface area contributed by atoms with Gasteiger partial charge in [-0.3, -0.25) is 0 Å². The number of hydrogen-bond acceptors (Lipinski definition) is 2. The van der Waals surface area contributed by atoms with E-state index in [1.54, 1.807) is 0 Å². The summed E-state index contributed by atoms with van der Waals surface area (Å²) in [7, 11) is -3.06. The van der Waals surface area contributed by atoms with Crippen LogP contribution in [0.5, 0.6) is 0 Å². The molecule has 0 fully saturated rings. The van der Waals surface area contributed by atoms with Gasteiger partial charge in [-0.15, -0.1) is 0 Å². The van der Waals surface area contributed by atoms with Crippen molar-refractivity contribution in [2.75, 3.05) is 6.61 Å². The Hall–Kier alpha value is -2.67. The highest BCUT2D eigenvalue weighted by molar-refractivity contribution is 7.85. The average Bonchev–Trinajstić information content (AvgIpc) is 2.74. The number of aliphatic hydroxyl groups excluding tert-OH is 1. The first-order valence-corrected chi connectivity index (χ1v) is 10.8. The second-order valence-corrected chi connectivity index (χ2v) is 9.31. The van der Waals surface area contributed by atoms with E-state index < -0.39 is 7.14 Å². The Bertz CT molecular complexity index is 1120. The molecule has 2 nitrogen and oxygen atoms in total. The maximum absolute atomic E-state index is 14.7. The van der Waals surface area contributed by atoms with Crippen molar-refractivity contribution in [3.8, 4) is 0 Å². The molecule has 0 aliphatic rings. The van der Waals surface area contributed by atoms with Gasteiger partial charge in [0.2, 0.25) is 0 Å². The fourth-order valence-corrected chi connectivity index (χ4v) is 6.53. The lowest BCUT2D eigenvalue weighted by atomic mass is 10.1. The van der Waals surface area contributed by atoms with Gasteiger partial charge in [-0.1, -0.05) is 91.0 Å². The molecule has 0 amide bonds. The van der Waals surface area contributed by atoms with Crippen molar-refractivity contribution in [2.24, 2.45) is 0 Å². The largest absolute Gasteiger partial charge is 0.396 e. The maximum Gasteiger partial charge on any atom is 0.171 e. The predicted molar refractivity (Wildman–Crippen MR) is 114 cm³/mol. The molecule has 0 saturated heterocycles. The van der Waals surface area contributed by atoms with Gasteiger partial charge in [-0.2, -0.15) is 0 Å². The normalized spacial score (nSPS) is 13.4. The number of hydrogen-bond donors (Lipinski definition) is 1. The average molecular weight is 372 g/mol. The topological polar surface area (TPSA) is 37.3 Å². The van der Waals surface area contributed by atoms with Crippen molar-refractivity contribution in [1.82, 2.24) is 0 Å². The molecule has 1 unspecified atom stereocenters. The van der Waals surface area contributed by atoms with Crippen molar-refractivity contribution >= 4 is 33.8 Å². The molecule has 1 N–H and O–H groups in total. The summed E-state index contributed by atoms with van der Waals surface area (Å²) in [5, 5.41) is 14.1. The molecular weight excluding hydrogens is 351 g/mol. The van der Waals surface area contributed by atoms with Gasteiger partial charge < -0.3 is 9.67 Å². The molecular formula is C24H21O2P.